The lowest BCUT2D eigenvalue weighted by Gasteiger charge is -1.97. The van der Waals surface area contributed by atoms with E-state index in [1.807, 2.05) is 6.07 Å². The number of nitrogens with zero attached hydrogens (tertiary/aromatic N) is 2. The minimum atomic E-state index is 0.0992. The molecule has 0 fully saturated rings. The van der Waals surface area contributed by atoms with Crippen molar-refractivity contribution in [1.82, 2.24) is 4.98 Å². The van der Waals surface area contributed by atoms with E-state index < -0.39 is 0 Å². The quantitative estimate of drug-likeness (QED) is 0.700. The van der Waals surface area contributed by atoms with Gasteiger partial charge in [0.1, 0.15) is 17.0 Å². The number of aromatic nitrogens is 1. The highest BCUT2D eigenvalue weighted by molar-refractivity contribution is 7.22. The number of hydrogen-bond donors (Lipinski definition) is 2. The van der Waals surface area contributed by atoms with E-state index in [1.165, 1.54) is 23.6 Å². The molecule has 6 heteroatoms. The number of hydrogen-bond acceptors (Lipinski definition) is 5. The zero-order valence-electron chi connectivity index (χ0n) is 10.1. The molecule has 0 saturated carbocycles. The number of phenols is 2. The lowest BCUT2D eigenvalue weighted by atomic mass is 10.2. The van der Waals surface area contributed by atoms with Gasteiger partial charge in [-0.2, -0.15) is 0 Å². The fourth-order valence-electron chi connectivity index (χ4n) is 1.73. The Bertz CT molecular complexity index is 814. The first kappa shape index (κ1) is 12.9. The van der Waals surface area contributed by atoms with Crippen LogP contribution in [0.5, 0.6) is 11.5 Å². The maximum atomic E-state index is 9.69. The molecular weight excluding hydrogens is 296 g/mol. The second-order valence-electron chi connectivity index (χ2n) is 4.08. The number of fused-ring (bicyclic) bond motifs is 1. The number of aromatic hydroxyl groups is 2. The average Bonchev–Trinajstić information content (AvgIpc) is 2.84. The highest BCUT2D eigenvalue weighted by Gasteiger charge is 2.06. The summed E-state index contributed by atoms with van der Waals surface area (Å²) in [7, 11) is 0. The summed E-state index contributed by atoms with van der Waals surface area (Å²) in [6.45, 7) is 0. The molecule has 100 valence electrons. The first-order chi connectivity index (χ1) is 9.63. The summed E-state index contributed by atoms with van der Waals surface area (Å²) in [6.07, 6.45) is 1.50. The normalized spacial score (nSPS) is 11.4. The largest absolute Gasteiger partial charge is 0.507 e. The van der Waals surface area contributed by atoms with Gasteiger partial charge in [0.25, 0.3) is 0 Å². The minimum Gasteiger partial charge on any atom is -0.507 e. The smallest absolute Gasteiger partial charge is 0.210 e. The summed E-state index contributed by atoms with van der Waals surface area (Å²) in [5.74, 6) is 0.230. The average molecular weight is 305 g/mol. The van der Waals surface area contributed by atoms with Crippen LogP contribution < -0.4 is 0 Å². The third-order valence-corrected chi connectivity index (χ3v) is 3.85. The predicted molar refractivity (Wildman–Crippen MR) is 81.7 cm³/mol. The van der Waals surface area contributed by atoms with E-state index in [4.69, 9.17) is 11.6 Å². The topological polar surface area (TPSA) is 65.7 Å². The van der Waals surface area contributed by atoms with E-state index in [0.29, 0.717) is 21.2 Å². The van der Waals surface area contributed by atoms with Gasteiger partial charge in [0, 0.05) is 16.8 Å². The van der Waals surface area contributed by atoms with Gasteiger partial charge in [0.05, 0.1) is 4.70 Å². The van der Waals surface area contributed by atoms with Crippen LogP contribution in [0.2, 0.25) is 5.02 Å². The van der Waals surface area contributed by atoms with Crippen LogP contribution in [-0.2, 0) is 0 Å². The van der Waals surface area contributed by atoms with E-state index >= 15 is 0 Å². The van der Waals surface area contributed by atoms with E-state index in [9.17, 15) is 10.2 Å². The summed E-state index contributed by atoms with van der Waals surface area (Å²) in [5.41, 5.74) is 1.04. The predicted octanol–water partition coefficient (Wildman–Crippen LogP) is 4.11. The van der Waals surface area contributed by atoms with Crippen molar-refractivity contribution >= 4 is 44.5 Å². The molecule has 20 heavy (non-hydrogen) atoms. The first-order valence-corrected chi connectivity index (χ1v) is 6.94. The molecule has 0 amide bonds. The fourth-order valence-corrected chi connectivity index (χ4v) is 2.74. The van der Waals surface area contributed by atoms with Gasteiger partial charge >= 0.3 is 0 Å². The van der Waals surface area contributed by atoms with E-state index in [-0.39, 0.29) is 11.5 Å². The van der Waals surface area contributed by atoms with Gasteiger partial charge in [-0.1, -0.05) is 29.0 Å². The van der Waals surface area contributed by atoms with Gasteiger partial charge in [0.2, 0.25) is 5.13 Å². The van der Waals surface area contributed by atoms with Gasteiger partial charge in [-0.25, -0.2) is 9.98 Å². The van der Waals surface area contributed by atoms with Crippen LogP contribution >= 0.6 is 22.9 Å². The Morgan fingerprint density at radius 2 is 2.00 bits per heavy atom. The molecule has 0 saturated heterocycles. The second kappa shape index (κ2) is 5.11. The van der Waals surface area contributed by atoms with E-state index in [2.05, 4.69) is 9.98 Å². The van der Waals surface area contributed by atoms with E-state index in [1.54, 1.807) is 24.3 Å². The lowest BCUT2D eigenvalue weighted by molar-refractivity contribution is 0.474. The van der Waals surface area contributed by atoms with Crippen molar-refractivity contribution in [2.75, 3.05) is 0 Å². The summed E-state index contributed by atoms with van der Waals surface area (Å²) in [4.78, 5) is 8.44. The van der Waals surface area contributed by atoms with Gasteiger partial charge < -0.3 is 10.2 Å². The molecular formula is C14H9ClN2O2S. The number of para-hydroxylation sites is 1. The maximum absolute atomic E-state index is 9.69. The molecule has 0 unspecified atom stereocenters. The maximum Gasteiger partial charge on any atom is 0.210 e. The Morgan fingerprint density at radius 3 is 2.80 bits per heavy atom. The number of rotatable bonds is 2. The molecule has 1 aromatic heterocycles. The highest BCUT2D eigenvalue weighted by Crippen LogP contribution is 2.33. The summed E-state index contributed by atoms with van der Waals surface area (Å²) < 4.78 is 0.854. The molecule has 0 aliphatic carbocycles. The molecule has 1 heterocycles. The zero-order valence-corrected chi connectivity index (χ0v) is 11.7. The standard InChI is InChI=1S/C14H9ClN2O2S/c15-9-4-5-10(18)8(6-9)7-16-14-17-13-11(19)2-1-3-12(13)20-14/h1-7,18-19H/b16-7+. The molecule has 0 spiro atoms. The lowest BCUT2D eigenvalue weighted by Crippen LogP contribution is -1.81. The third-order valence-electron chi connectivity index (χ3n) is 2.69. The summed E-state index contributed by atoms with van der Waals surface area (Å²) in [6, 6.07) is 9.93. The minimum absolute atomic E-state index is 0.0992. The van der Waals surface area contributed by atoms with Crippen LogP contribution in [-0.4, -0.2) is 21.4 Å². The van der Waals surface area contributed by atoms with Crippen LogP contribution in [0.15, 0.2) is 41.4 Å². The highest BCUT2D eigenvalue weighted by atomic mass is 35.5. The van der Waals surface area contributed by atoms with Crippen LogP contribution in [0.4, 0.5) is 5.13 Å². The van der Waals surface area contributed by atoms with Crippen molar-refractivity contribution < 1.29 is 10.2 Å². The van der Waals surface area contributed by atoms with Crippen molar-refractivity contribution in [3.8, 4) is 11.5 Å². The SMILES string of the molecule is Oc1ccc(Cl)cc1/C=N/c1nc2c(O)cccc2s1. The molecule has 0 aliphatic rings. The number of benzene rings is 2. The van der Waals surface area contributed by atoms with Crippen molar-refractivity contribution in [2.45, 2.75) is 0 Å². The molecule has 0 atom stereocenters. The summed E-state index contributed by atoms with van der Waals surface area (Å²) >= 11 is 7.22. The van der Waals surface area contributed by atoms with Crippen molar-refractivity contribution in [1.29, 1.82) is 0 Å². The van der Waals surface area contributed by atoms with Crippen LogP contribution in [0.1, 0.15) is 5.56 Å². The van der Waals surface area contributed by atoms with Crippen LogP contribution in [0.3, 0.4) is 0 Å². The Balaban J connectivity index is 1.98. The molecule has 3 aromatic rings. The Morgan fingerprint density at radius 1 is 1.15 bits per heavy atom. The Kier molecular flexibility index (Phi) is 3.30. The van der Waals surface area contributed by atoms with Gasteiger partial charge in [-0.15, -0.1) is 0 Å². The number of phenolic OH excluding ortho intramolecular Hbond substituents is 2. The Labute approximate surface area is 123 Å². The zero-order chi connectivity index (χ0) is 14.1. The molecule has 2 aromatic carbocycles. The molecule has 4 nitrogen and oxygen atoms in total. The fraction of sp³-hybridized carbons (Fsp3) is 0. The van der Waals surface area contributed by atoms with Gasteiger partial charge in [-0.05, 0) is 30.3 Å². The van der Waals surface area contributed by atoms with E-state index in [0.717, 1.165) is 4.70 Å². The number of thiazole rings is 1. The van der Waals surface area contributed by atoms with Crippen molar-refractivity contribution in [3.05, 3.63) is 47.0 Å². The van der Waals surface area contributed by atoms with Crippen LogP contribution in [0, 0.1) is 0 Å². The summed E-state index contributed by atoms with van der Waals surface area (Å²) in [5, 5.41) is 20.4. The molecule has 0 radical (unpaired) electrons. The van der Waals surface area contributed by atoms with Gasteiger partial charge in [0.15, 0.2) is 0 Å². The number of halogens is 1. The Hall–Kier alpha value is -2.11. The molecule has 0 aliphatic heterocycles. The van der Waals surface area contributed by atoms with Crippen molar-refractivity contribution in [2.24, 2.45) is 4.99 Å². The molecule has 0 bridgehead atoms. The molecule has 3 rings (SSSR count). The third kappa shape index (κ3) is 2.45. The first-order valence-electron chi connectivity index (χ1n) is 5.74. The van der Waals surface area contributed by atoms with Crippen LogP contribution in [0.25, 0.3) is 10.2 Å². The second-order valence-corrected chi connectivity index (χ2v) is 5.53. The van der Waals surface area contributed by atoms with Gasteiger partial charge in [-0.3, -0.25) is 0 Å². The van der Waals surface area contributed by atoms with Crippen molar-refractivity contribution in [3.63, 3.8) is 0 Å². The number of aliphatic imine (C=N–C) groups is 1. The monoisotopic (exact) mass is 304 g/mol. The molecule has 2 N–H and O–H groups in total.